The van der Waals surface area contributed by atoms with Crippen LogP contribution in [0.1, 0.15) is 52.9 Å². The topological polar surface area (TPSA) is 44.3 Å². The molecule has 2 aliphatic rings. The first-order valence-electron chi connectivity index (χ1n) is 7.70. The Morgan fingerprint density at radius 3 is 2.79 bits per heavy atom. The minimum absolute atomic E-state index is 0.326. The largest absolute Gasteiger partial charge is 0.389 e. The van der Waals surface area contributed by atoms with Crippen molar-refractivity contribution in [1.29, 1.82) is 0 Å². The highest BCUT2D eigenvalue weighted by Crippen LogP contribution is 2.54. The van der Waals surface area contributed by atoms with Crippen LogP contribution in [0, 0.1) is 17.8 Å². The molecule has 19 heavy (non-hydrogen) atoms. The average Bonchev–Trinajstić information content (AvgIpc) is 3.20. The van der Waals surface area contributed by atoms with Gasteiger partial charge in [0.15, 0.2) is 0 Å². The van der Waals surface area contributed by atoms with Crippen molar-refractivity contribution < 1.29 is 5.11 Å². The zero-order valence-corrected chi connectivity index (χ0v) is 12.4. The Kier molecular flexibility index (Phi) is 4.56. The second-order valence-electron chi connectivity index (χ2n) is 6.30. The van der Waals surface area contributed by atoms with Crippen LogP contribution in [0.5, 0.6) is 0 Å². The van der Waals surface area contributed by atoms with E-state index >= 15 is 0 Å². The highest BCUT2D eigenvalue weighted by atomic mass is 16.3. The maximum absolute atomic E-state index is 11.1. The van der Waals surface area contributed by atoms with Gasteiger partial charge in [-0.2, -0.15) is 0 Å². The van der Waals surface area contributed by atoms with Crippen molar-refractivity contribution in [2.75, 3.05) is 0 Å². The summed E-state index contributed by atoms with van der Waals surface area (Å²) in [6, 6.07) is 0. The fraction of sp³-hybridized carbons (Fsp3) is 0.750. The van der Waals surface area contributed by atoms with Gasteiger partial charge < -0.3 is 16.0 Å². The van der Waals surface area contributed by atoms with Crippen LogP contribution in [0.25, 0.3) is 0 Å². The minimum Gasteiger partial charge on any atom is -0.389 e. The van der Waals surface area contributed by atoms with E-state index in [1.54, 1.807) is 0 Å². The number of aliphatic hydroxyl groups is 1. The Morgan fingerprint density at radius 2 is 2.21 bits per heavy atom. The molecular weight excluding hydrogens is 236 g/mol. The van der Waals surface area contributed by atoms with E-state index < -0.39 is 5.60 Å². The molecule has 0 saturated heterocycles. The maximum Gasteiger partial charge on any atom is 0.0705 e. The molecule has 0 spiro atoms. The Balaban J connectivity index is 1.97. The molecule has 2 rings (SSSR count). The second kappa shape index (κ2) is 6.00. The van der Waals surface area contributed by atoms with Gasteiger partial charge in [-0.3, -0.25) is 0 Å². The lowest BCUT2D eigenvalue weighted by Crippen LogP contribution is -2.39. The molecular formula is C16H28N2O. The molecule has 108 valence electrons. The summed E-state index contributed by atoms with van der Waals surface area (Å²) in [5.74, 6) is 1.23. The quantitative estimate of drug-likeness (QED) is 0.619. The number of hydrogen-bond donors (Lipinski definition) is 3. The van der Waals surface area contributed by atoms with Crippen LogP contribution in [0.3, 0.4) is 0 Å². The van der Waals surface area contributed by atoms with Gasteiger partial charge in [-0.1, -0.05) is 40.0 Å². The molecule has 0 aromatic rings. The molecule has 1 aliphatic heterocycles. The summed E-state index contributed by atoms with van der Waals surface area (Å²) < 4.78 is 0. The fourth-order valence-electron chi connectivity index (χ4n) is 3.23. The van der Waals surface area contributed by atoms with Crippen LogP contribution in [0.15, 0.2) is 24.0 Å². The molecule has 3 nitrogen and oxygen atoms in total. The first-order valence-corrected chi connectivity index (χ1v) is 7.70. The minimum atomic E-state index is -0.497. The van der Waals surface area contributed by atoms with Crippen molar-refractivity contribution in [1.82, 2.24) is 10.9 Å². The van der Waals surface area contributed by atoms with Crippen LogP contribution in [0.2, 0.25) is 0 Å². The SMILES string of the molecule is CCCCCC(O)(C(C)C)C1CC1C1=CC=CNN1. The molecule has 0 radical (unpaired) electrons. The first kappa shape index (κ1) is 14.4. The van der Waals surface area contributed by atoms with Gasteiger partial charge in [-0.25, -0.2) is 0 Å². The monoisotopic (exact) mass is 264 g/mol. The molecule has 0 amide bonds. The van der Waals surface area contributed by atoms with Crippen LogP contribution in [-0.4, -0.2) is 10.7 Å². The van der Waals surface area contributed by atoms with Crippen molar-refractivity contribution >= 4 is 0 Å². The zero-order valence-electron chi connectivity index (χ0n) is 12.4. The van der Waals surface area contributed by atoms with E-state index in [1.165, 1.54) is 18.5 Å². The molecule has 1 fully saturated rings. The predicted octanol–water partition coefficient (Wildman–Crippen LogP) is 3.10. The molecule has 3 unspecified atom stereocenters. The van der Waals surface area contributed by atoms with E-state index in [0.717, 1.165) is 19.3 Å². The molecule has 3 heteroatoms. The van der Waals surface area contributed by atoms with Gasteiger partial charge in [0.25, 0.3) is 0 Å². The first-order chi connectivity index (χ1) is 9.09. The summed E-state index contributed by atoms with van der Waals surface area (Å²) in [5.41, 5.74) is 6.96. The van der Waals surface area contributed by atoms with Crippen LogP contribution >= 0.6 is 0 Å². The molecule has 0 bridgehead atoms. The van der Waals surface area contributed by atoms with Crippen molar-refractivity contribution in [2.24, 2.45) is 17.8 Å². The van der Waals surface area contributed by atoms with Gasteiger partial charge in [0.2, 0.25) is 0 Å². The molecule has 1 heterocycles. The van der Waals surface area contributed by atoms with Gasteiger partial charge in [-0.15, -0.1) is 0 Å². The number of unbranched alkanes of at least 4 members (excludes halogenated alkanes) is 2. The van der Waals surface area contributed by atoms with Gasteiger partial charge in [-0.05, 0) is 36.8 Å². The van der Waals surface area contributed by atoms with E-state index in [4.69, 9.17) is 0 Å². The smallest absolute Gasteiger partial charge is 0.0705 e. The number of hydrazine groups is 1. The highest BCUT2D eigenvalue weighted by molar-refractivity contribution is 5.24. The average molecular weight is 264 g/mol. The molecule has 0 aromatic carbocycles. The van der Waals surface area contributed by atoms with E-state index in [2.05, 4.69) is 37.7 Å². The van der Waals surface area contributed by atoms with Crippen molar-refractivity contribution in [3.05, 3.63) is 24.0 Å². The summed E-state index contributed by atoms with van der Waals surface area (Å²) in [7, 11) is 0. The van der Waals surface area contributed by atoms with Crippen LogP contribution in [0.4, 0.5) is 0 Å². The van der Waals surface area contributed by atoms with Crippen molar-refractivity contribution in [2.45, 2.75) is 58.5 Å². The fourth-order valence-corrected chi connectivity index (χ4v) is 3.23. The van der Waals surface area contributed by atoms with E-state index in [9.17, 15) is 5.11 Å². The Morgan fingerprint density at radius 1 is 1.42 bits per heavy atom. The molecule has 0 aromatic heterocycles. The Hall–Kier alpha value is -0.960. The van der Waals surface area contributed by atoms with Crippen LogP contribution in [-0.2, 0) is 0 Å². The van der Waals surface area contributed by atoms with Crippen LogP contribution < -0.4 is 10.9 Å². The third-order valence-corrected chi connectivity index (χ3v) is 4.68. The summed E-state index contributed by atoms with van der Waals surface area (Å²) in [4.78, 5) is 0. The van der Waals surface area contributed by atoms with Crippen molar-refractivity contribution in [3.8, 4) is 0 Å². The number of hydrogen-bond acceptors (Lipinski definition) is 3. The number of allylic oxidation sites excluding steroid dienone is 3. The van der Waals surface area contributed by atoms with Gasteiger partial charge in [0, 0.05) is 17.8 Å². The molecule has 3 N–H and O–H groups in total. The highest BCUT2D eigenvalue weighted by Gasteiger charge is 2.54. The Labute approximate surface area is 117 Å². The van der Waals surface area contributed by atoms with Gasteiger partial charge >= 0.3 is 0 Å². The molecule has 1 aliphatic carbocycles. The lowest BCUT2D eigenvalue weighted by molar-refractivity contribution is -0.0393. The molecule has 1 saturated carbocycles. The summed E-state index contributed by atoms with van der Waals surface area (Å²) in [6.45, 7) is 6.52. The lowest BCUT2D eigenvalue weighted by atomic mass is 9.80. The maximum atomic E-state index is 11.1. The standard InChI is InChI=1S/C16H28N2O/c1-4-5-6-9-16(19,12(2)3)14-11-13(14)15-8-7-10-17-18-15/h7-8,10,12-14,17-19H,4-6,9,11H2,1-3H3. The summed E-state index contributed by atoms with van der Waals surface area (Å²) in [6.07, 6.45) is 11.6. The van der Waals surface area contributed by atoms with E-state index in [-0.39, 0.29) is 0 Å². The predicted molar refractivity (Wildman–Crippen MR) is 79.0 cm³/mol. The van der Waals surface area contributed by atoms with Gasteiger partial charge in [0.05, 0.1) is 5.60 Å². The lowest BCUT2D eigenvalue weighted by Gasteiger charge is -2.33. The van der Waals surface area contributed by atoms with Crippen molar-refractivity contribution in [3.63, 3.8) is 0 Å². The normalized spacial score (nSPS) is 28.4. The third-order valence-electron chi connectivity index (χ3n) is 4.68. The van der Waals surface area contributed by atoms with Gasteiger partial charge in [0.1, 0.15) is 0 Å². The second-order valence-corrected chi connectivity index (χ2v) is 6.30. The zero-order chi connectivity index (χ0) is 13.9. The number of nitrogens with one attached hydrogen (secondary N) is 2. The third kappa shape index (κ3) is 3.14. The Bertz CT molecular complexity index is 362. The van der Waals surface area contributed by atoms with E-state index in [1.807, 2.05) is 12.3 Å². The molecule has 3 atom stereocenters. The summed E-state index contributed by atoms with van der Waals surface area (Å²) >= 11 is 0. The summed E-state index contributed by atoms with van der Waals surface area (Å²) in [5, 5.41) is 11.1. The number of rotatable bonds is 7. The van der Waals surface area contributed by atoms with E-state index in [0.29, 0.717) is 17.8 Å².